The number of nitrogens with zero attached hydrogens (tertiary/aromatic N) is 3. The van der Waals surface area contributed by atoms with Crippen molar-refractivity contribution in [3.05, 3.63) is 46.4 Å². The Morgan fingerprint density at radius 3 is 2.65 bits per heavy atom. The Balaban J connectivity index is 1.94. The van der Waals surface area contributed by atoms with Crippen molar-refractivity contribution in [1.82, 2.24) is 20.2 Å². The molecule has 0 radical (unpaired) electrons. The minimum atomic E-state index is -3.84. The summed E-state index contributed by atoms with van der Waals surface area (Å²) in [6.45, 7) is 14.5. The molecule has 3 rings (SSSR count). The first-order valence-electron chi connectivity index (χ1n) is 13.7. The molecule has 220 valence electrons. The van der Waals surface area contributed by atoms with Crippen LogP contribution in [-0.4, -0.2) is 66.4 Å². The van der Waals surface area contributed by atoms with Gasteiger partial charge in [-0.1, -0.05) is 18.5 Å². The largest absolute Gasteiger partial charge is 0.489 e. The first-order valence-corrected chi connectivity index (χ1v) is 15.6. The molecule has 1 aromatic heterocycles. The Bertz CT molecular complexity index is 1350. The van der Waals surface area contributed by atoms with Crippen LogP contribution in [-0.2, 0) is 9.84 Å². The van der Waals surface area contributed by atoms with E-state index >= 15 is 0 Å². The molecule has 4 N–H and O–H groups in total. The second kappa shape index (κ2) is 13.6. The molecule has 1 saturated heterocycles. The van der Waals surface area contributed by atoms with Gasteiger partial charge < -0.3 is 25.6 Å². The van der Waals surface area contributed by atoms with Gasteiger partial charge in [-0.05, 0) is 89.7 Å². The van der Waals surface area contributed by atoms with Crippen molar-refractivity contribution in [2.45, 2.75) is 71.7 Å². The third-order valence-electron chi connectivity index (χ3n) is 6.81. The molecular weight excluding hydrogens is 550 g/mol. The maximum absolute atomic E-state index is 12.6. The zero-order chi connectivity index (χ0) is 29.6. The molecule has 1 aromatic carbocycles. The number of rotatable bonds is 11. The van der Waals surface area contributed by atoms with Crippen molar-refractivity contribution >= 4 is 43.9 Å². The van der Waals surface area contributed by atoms with E-state index in [9.17, 15) is 8.42 Å². The number of nitrogens with one attached hydrogen (secondary N) is 4. The average Bonchev–Trinajstić information content (AvgIpc) is 2.90. The quantitative estimate of drug-likeness (QED) is 0.199. The van der Waals surface area contributed by atoms with Gasteiger partial charge in [0, 0.05) is 19.8 Å². The van der Waals surface area contributed by atoms with Crippen LogP contribution in [0.2, 0.25) is 5.02 Å². The van der Waals surface area contributed by atoms with Crippen molar-refractivity contribution in [2.75, 3.05) is 37.3 Å². The number of ether oxygens (including phenoxy) is 1. The molecule has 10 nitrogen and oxygen atoms in total. The summed E-state index contributed by atoms with van der Waals surface area (Å²) in [5.41, 5.74) is 3.17. The fourth-order valence-electron chi connectivity index (χ4n) is 4.64. The summed E-state index contributed by atoms with van der Waals surface area (Å²) in [5.74, 6) is 1.54. The van der Waals surface area contributed by atoms with E-state index in [0.29, 0.717) is 17.4 Å². The number of hydrogen-bond acceptors (Lipinski definition) is 10. The molecule has 1 aliphatic heterocycles. The molecule has 2 aromatic rings. The molecule has 0 bridgehead atoms. The zero-order valence-corrected chi connectivity index (χ0v) is 26.0. The van der Waals surface area contributed by atoms with Crippen LogP contribution in [0.1, 0.15) is 64.5 Å². The van der Waals surface area contributed by atoms with Crippen LogP contribution in [0.25, 0.3) is 0 Å². The molecule has 1 fully saturated rings. The van der Waals surface area contributed by atoms with Crippen LogP contribution in [0.4, 0.5) is 17.5 Å². The minimum Gasteiger partial charge on any atom is -0.489 e. The second-order valence-electron chi connectivity index (χ2n) is 10.5. The van der Waals surface area contributed by atoms with Crippen molar-refractivity contribution in [1.29, 1.82) is 5.41 Å². The highest BCUT2D eigenvalue weighted by atomic mass is 35.5. The first kappa shape index (κ1) is 31.6. The highest BCUT2D eigenvalue weighted by molar-refractivity contribution is 8.07. The van der Waals surface area contributed by atoms with E-state index in [1.165, 1.54) is 38.2 Å². The average molecular weight is 592 g/mol. The summed E-state index contributed by atoms with van der Waals surface area (Å²) in [7, 11) is -2.23. The van der Waals surface area contributed by atoms with E-state index in [2.05, 4.69) is 56.8 Å². The third-order valence-corrected chi connectivity index (χ3v) is 9.11. The van der Waals surface area contributed by atoms with Crippen LogP contribution >= 0.6 is 11.6 Å². The number of likely N-dealkylation sites (N-methyl/N-ethyl adjacent to an activating group) is 1. The molecule has 1 atom stereocenters. The first-order chi connectivity index (χ1) is 18.9. The van der Waals surface area contributed by atoms with E-state index in [1.807, 2.05) is 13.8 Å². The van der Waals surface area contributed by atoms with Gasteiger partial charge in [0.05, 0.1) is 28.9 Å². The van der Waals surface area contributed by atoms with Crippen LogP contribution < -0.4 is 20.7 Å². The predicted molar refractivity (Wildman–Crippen MR) is 164 cm³/mol. The maximum atomic E-state index is 12.6. The second-order valence-corrected chi connectivity index (χ2v) is 13.4. The Hall–Kier alpha value is -2.89. The monoisotopic (exact) mass is 591 g/mol. The lowest BCUT2D eigenvalue weighted by atomic mass is 9.87. The Kier molecular flexibility index (Phi) is 10.8. The molecule has 0 aliphatic carbocycles. The molecule has 0 saturated carbocycles. The molecule has 1 aliphatic rings. The summed E-state index contributed by atoms with van der Waals surface area (Å²) >= 11 is 6.37. The summed E-state index contributed by atoms with van der Waals surface area (Å²) in [6, 6.07) is 4.18. The number of aryl methyl sites for hydroxylation is 1. The molecule has 2 heterocycles. The van der Waals surface area contributed by atoms with Gasteiger partial charge >= 0.3 is 0 Å². The smallest absolute Gasteiger partial charge is 0.229 e. The highest BCUT2D eigenvalue weighted by Gasteiger charge is 2.27. The number of sulfone groups is 1. The van der Waals surface area contributed by atoms with Gasteiger partial charge in [-0.3, -0.25) is 5.41 Å². The molecule has 0 amide bonds. The zero-order valence-electron chi connectivity index (χ0n) is 24.4. The van der Waals surface area contributed by atoms with E-state index in [4.69, 9.17) is 21.7 Å². The number of aromatic nitrogens is 2. The summed E-state index contributed by atoms with van der Waals surface area (Å²) in [4.78, 5) is 11.3. The lowest BCUT2D eigenvalue weighted by molar-refractivity contribution is 0.216. The highest BCUT2D eigenvalue weighted by Crippen LogP contribution is 2.37. The molecule has 0 spiro atoms. The topological polar surface area (TPSA) is 132 Å². The van der Waals surface area contributed by atoms with Crippen LogP contribution in [0.15, 0.2) is 30.2 Å². The van der Waals surface area contributed by atoms with Gasteiger partial charge in [-0.15, -0.1) is 0 Å². The van der Waals surface area contributed by atoms with Gasteiger partial charge in [-0.2, -0.15) is 4.98 Å². The maximum Gasteiger partial charge on any atom is 0.229 e. The van der Waals surface area contributed by atoms with E-state index in [0.717, 1.165) is 31.6 Å². The number of piperidine rings is 1. The Labute approximate surface area is 243 Å². The summed E-state index contributed by atoms with van der Waals surface area (Å²) in [5, 5.41) is 16.1. The molecular formula is C28H42ClN7O3S. The SMILES string of the molecule is CCN1CCCC(c2cc(OC(C)C)c(Nc3ncc(Cl)c(N/C(=C/NC)C(=N)S(=O)(=O)C(C)C)n3)cc2C)C1. The number of anilines is 3. The predicted octanol–water partition coefficient (Wildman–Crippen LogP) is 5.44. The van der Waals surface area contributed by atoms with Crippen molar-refractivity contribution in [3.8, 4) is 5.75 Å². The van der Waals surface area contributed by atoms with Gasteiger partial charge in [0.15, 0.2) is 20.7 Å². The van der Waals surface area contributed by atoms with Gasteiger partial charge in [-0.25, -0.2) is 13.4 Å². The summed E-state index contributed by atoms with van der Waals surface area (Å²) in [6.07, 6.45) is 5.08. The minimum absolute atomic E-state index is 0.0142. The van der Waals surface area contributed by atoms with Crippen LogP contribution in [0, 0.1) is 12.3 Å². The number of halogens is 1. The lowest BCUT2D eigenvalue weighted by Crippen LogP contribution is -2.34. The molecule has 12 heteroatoms. The lowest BCUT2D eigenvalue weighted by Gasteiger charge is -2.33. The molecule has 1 unspecified atom stereocenters. The van der Waals surface area contributed by atoms with Crippen LogP contribution in [0.3, 0.4) is 0 Å². The van der Waals surface area contributed by atoms with E-state index in [-0.39, 0.29) is 28.6 Å². The Morgan fingerprint density at radius 2 is 2.02 bits per heavy atom. The Morgan fingerprint density at radius 1 is 1.30 bits per heavy atom. The third kappa shape index (κ3) is 7.64. The van der Waals surface area contributed by atoms with Crippen molar-refractivity contribution in [3.63, 3.8) is 0 Å². The van der Waals surface area contributed by atoms with Gasteiger partial charge in [0.25, 0.3) is 0 Å². The number of likely N-dealkylation sites (tertiary alicyclic amines) is 1. The number of hydrogen-bond donors (Lipinski definition) is 4. The summed E-state index contributed by atoms with van der Waals surface area (Å²) < 4.78 is 31.5. The van der Waals surface area contributed by atoms with Gasteiger partial charge in [0.2, 0.25) is 5.95 Å². The normalized spacial score (nSPS) is 16.8. The fraction of sp³-hybridized carbons (Fsp3) is 0.536. The van der Waals surface area contributed by atoms with Crippen LogP contribution in [0.5, 0.6) is 5.75 Å². The van der Waals surface area contributed by atoms with E-state index in [1.54, 1.807) is 7.05 Å². The van der Waals surface area contributed by atoms with E-state index < -0.39 is 20.1 Å². The van der Waals surface area contributed by atoms with Crippen molar-refractivity contribution in [2.24, 2.45) is 0 Å². The number of benzene rings is 1. The molecule has 40 heavy (non-hydrogen) atoms. The van der Waals surface area contributed by atoms with Gasteiger partial charge in [0.1, 0.15) is 10.8 Å². The standard InChI is InChI=1S/C28H42ClN7O3S/c1-8-36-11-9-10-20(16-36)21-13-25(39-17(2)3)23(12-19(21)6)34-28-32-14-22(29)27(35-28)33-24(15-31-7)26(30)40(37,38)18(4)5/h12-15,17-18,20,30-31H,8-11,16H2,1-7H3,(H2,32,33,34,35)/b24-15+,30-26?. The fourth-order valence-corrected chi connectivity index (χ4v) is 5.67. The van der Waals surface area contributed by atoms with Crippen molar-refractivity contribution < 1.29 is 13.2 Å².